The average Bonchev–Trinajstić information content (AvgIpc) is 2.37. The Balaban J connectivity index is 2.16. The van der Waals surface area contributed by atoms with Gasteiger partial charge in [-0.15, -0.1) is 0 Å². The maximum Gasteiger partial charge on any atom is 0.319 e. The van der Waals surface area contributed by atoms with E-state index in [1.54, 1.807) is 6.20 Å². The van der Waals surface area contributed by atoms with Crippen molar-refractivity contribution in [2.24, 2.45) is 0 Å². The Bertz CT molecular complexity index is 506. The summed E-state index contributed by atoms with van der Waals surface area (Å²) < 4.78 is 5.01. The maximum atomic E-state index is 12.2. The van der Waals surface area contributed by atoms with E-state index in [0.29, 0.717) is 11.6 Å². The van der Waals surface area contributed by atoms with E-state index >= 15 is 0 Å². The van der Waals surface area contributed by atoms with Crippen LogP contribution in [0.4, 0.5) is 0 Å². The van der Waals surface area contributed by atoms with E-state index in [0.717, 1.165) is 37.2 Å². The van der Waals surface area contributed by atoms with E-state index in [2.05, 4.69) is 9.88 Å². The number of ether oxygens (including phenoxy) is 1. The Morgan fingerprint density at radius 1 is 1.61 bits per heavy atom. The standard InChI is InChI=1S/C13H15ClN2O2/c1-18-12(17)13-3-2-4-16(8-13)7-9-5-10(14)6-15-11(9)13/h5-6H,2-4,7-8H2,1H3. The summed E-state index contributed by atoms with van der Waals surface area (Å²) >= 11 is 5.99. The first-order chi connectivity index (χ1) is 8.65. The fourth-order valence-electron chi connectivity index (χ4n) is 3.20. The number of nitrogens with zero attached hydrogens (tertiary/aromatic N) is 2. The van der Waals surface area contributed by atoms with E-state index in [1.807, 2.05) is 6.07 Å². The summed E-state index contributed by atoms with van der Waals surface area (Å²) in [6.07, 6.45) is 3.42. The predicted molar refractivity (Wildman–Crippen MR) is 67.5 cm³/mol. The Morgan fingerprint density at radius 2 is 2.44 bits per heavy atom. The lowest BCUT2D eigenvalue weighted by atomic mass is 9.72. The van der Waals surface area contributed by atoms with Crippen LogP contribution in [-0.4, -0.2) is 36.1 Å². The molecule has 0 N–H and O–H groups in total. The molecule has 1 saturated heterocycles. The number of methoxy groups -OCH3 is 1. The lowest BCUT2D eigenvalue weighted by Crippen LogP contribution is -2.55. The Kier molecular flexibility index (Phi) is 2.79. The zero-order valence-corrected chi connectivity index (χ0v) is 11.0. The highest BCUT2D eigenvalue weighted by Gasteiger charge is 2.49. The third-order valence-electron chi connectivity index (χ3n) is 3.93. The summed E-state index contributed by atoms with van der Waals surface area (Å²) in [7, 11) is 1.44. The van der Waals surface area contributed by atoms with Gasteiger partial charge in [-0.05, 0) is 31.0 Å². The van der Waals surface area contributed by atoms with Gasteiger partial charge in [0.1, 0.15) is 5.41 Å². The molecule has 3 rings (SSSR count). The van der Waals surface area contributed by atoms with Gasteiger partial charge >= 0.3 is 5.97 Å². The van der Waals surface area contributed by atoms with Crippen molar-refractivity contribution in [1.29, 1.82) is 0 Å². The predicted octanol–water partition coefficient (Wildman–Crippen LogP) is 1.76. The van der Waals surface area contributed by atoms with Gasteiger partial charge in [-0.2, -0.15) is 0 Å². The fraction of sp³-hybridized carbons (Fsp3) is 0.538. The zero-order chi connectivity index (χ0) is 12.8. The molecule has 0 saturated carbocycles. The molecular formula is C13H15ClN2O2. The van der Waals surface area contributed by atoms with E-state index in [1.165, 1.54) is 7.11 Å². The van der Waals surface area contributed by atoms with Crippen LogP contribution in [-0.2, 0) is 21.5 Å². The SMILES string of the molecule is COC(=O)C12CCCN(Cc3cc(Cl)cnc31)C2. The third-order valence-corrected chi connectivity index (χ3v) is 4.13. The number of hydrogen-bond donors (Lipinski definition) is 0. The molecule has 0 aliphatic carbocycles. The highest BCUT2D eigenvalue weighted by atomic mass is 35.5. The summed E-state index contributed by atoms with van der Waals surface area (Å²) in [5, 5.41) is 0.620. The summed E-state index contributed by atoms with van der Waals surface area (Å²) in [6.45, 7) is 2.55. The van der Waals surface area contributed by atoms with Gasteiger partial charge in [-0.25, -0.2) is 0 Å². The van der Waals surface area contributed by atoms with Crippen LogP contribution in [0.3, 0.4) is 0 Å². The molecule has 18 heavy (non-hydrogen) atoms. The number of rotatable bonds is 1. The fourth-order valence-corrected chi connectivity index (χ4v) is 3.39. The normalized spacial score (nSPS) is 29.6. The van der Waals surface area contributed by atoms with Crippen LogP contribution in [0.25, 0.3) is 0 Å². The lowest BCUT2D eigenvalue weighted by molar-refractivity contribution is -0.151. The molecule has 2 aliphatic heterocycles. The van der Waals surface area contributed by atoms with Crippen molar-refractivity contribution >= 4 is 17.6 Å². The molecule has 2 unspecified atom stereocenters. The number of halogens is 1. The van der Waals surface area contributed by atoms with Crippen LogP contribution in [0.2, 0.25) is 5.02 Å². The van der Waals surface area contributed by atoms with Gasteiger partial charge in [0, 0.05) is 19.3 Å². The van der Waals surface area contributed by atoms with Crippen molar-refractivity contribution < 1.29 is 9.53 Å². The highest BCUT2D eigenvalue weighted by Crippen LogP contribution is 2.41. The van der Waals surface area contributed by atoms with Gasteiger partial charge in [-0.1, -0.05) is 11.6 Å². The second-order valence-corrected chi connectivity index (χ2v) is 5.49. The molecule has 1 aromatic heterocycles. The number of piperidine rings is 1. The molecule has 1 aromatic rings. The van der Waals surface area contributed by atoms with E-state index in [4.69, 9.17) is 16.3 Å². The molecule has 4 nitrogen and oxygen atoms in total. The quantitative estimate of drug-likeness (QED) is 0.727. The molecule has 1 fully saturated rings. The second-order valence-electron chi connectivity index (χ2n) is 5.05. The number of pyridine rings is 1. The Morgan fingerprint density at radius 3 is 3.22 bits per heavy atom. The Labute approximate surface area is 111 Å². The highest BCUT2D eigenvalue weighted by molar-refractivity contribution is 6.30. The van der Waals surface area contributed by atoms with Gasteiger partial charge in [0.2, 0.25) is 0 Å². The first kappa shape index (κ1) is 11.9. The van der Waals surface area contributed by atoms with Crippen LogP contribution in [0.1, 0.15) is 24.1 Å². The van der Waals surface area contributed by atoms with Crippen molar-refractivity contribution in [3.05, 3.63) is 28.5 Å². The van der Waals surface area contributed by atoms with Crippen molar-refractivity contribution in [3.63, 3.8) is 0 Å². The topological polar surface area (TPSA) is 42.4 Å². The molecule has 2 atom stereocenters. The number of carbonyl (C=O) groups is 1. The van der Waals surface area contributed by atoms with Gasteiger partial charge in [0.15, 0.2) is 0 Å². The van der Waals surface area contributed by atoms with Crippen LogP contribution in [0.15, 0.2) is 12.3 Å². The van der Waals surface area contributed by atoms with Crippen LogP contribution >= 0.6 is 11.6 Å². The minimum atomic E-state index is -0.592. The van der Waals surface area contributed by atoms with Gasteiger partial charge in [0.25, 0.3) is 0 Å². The third kappa shape index (κ3) is 1.63. The molecule has 3 heterocycles. The van der Waals surface area contributed by atoms with Crippen molar-refractivity contribution in [1.82, 2.24) is 9.88 Å². The summed E-state index contributed by atoms with van der Waals surface area (Å²) in [6, 6.07) is 1.92. The van der Waals surface area contributed by atoms with E-state index in [-0.39, 0.29) is 5.97 Å². The average molecular weight is 267 g/mol. The maximum absolute atomic E-state index is 12.2. The van der Waals surface area contributed by atoms with Crippen molar-refractivity contribution in [2.75, 3.05) is 20.2 Å². The van der Waals surface area contributed by atoms with E-state index < -0.39 is 5.41 Å². The second kappa shape index (κ2) is 4.21. The number of aromatic nitrogens is 1. The summed E-state index contributed by atoms with van der Waals surface area (Å²) in [5.74, 6) is -0.178. The molecule has 96 valence electrons. The molecule has 5 heteroatoms. The van der Waals surface area contributed by atoms with Crippen molar-refractivity contribution in [2.45, 2.75) is 24.8 Å². The number of hydrogen-bond acceptors (Lipinski definition) is 4. The molecule has 2 aliphatic rings. The lowest BCUT2D eigenvalue weighted by Gasteiger charge is -2.45. The largest absolute Gasteiger partial charge is 0.468 e. The van der Waals surface area contributed by atoms with Crippen LogP contribution < -0.4 is 0 Å². The molecule has 0 spiro atoms. The number of carbonyl (C=O) groups excluding carboxylic acids is 1. The minimum absolute atomic E-state index is 0.178. The molecule has 2 bridgehead atoms. The van der Waals surface area contributed by atoms with Gasteiger partial charge < -0.3 is 4.74 Å². The monoisotopic (exact) mass is 266 g/mol. The molecule has 0 aromatic carbocycles. The minimum Gasteiger partial charge on any atom is -0.468 e. The van der Waals surface area contributed by atoms with Crippen molar-refractivity contribution in [3.8, 4) is 0 Å². The molecule has 0 radical (unpaired) electrons. The Hall–Kier alpha value is -1.13. The number of fused-ring (bicyclic) bond motifs is 4. The number of esters is 1. The van der Waals surface area contributed by atoms with Gasteiger partial charge in [0.05, 0.1) is 17.8 Å². The summed E-state index contributed by atoms with van der Waals surface area (Å²) in [4.78, 5) is 18.9. The first-order valence-corrected chi connectivity index (χ1v) is 6.49. The molecular weight excluding hydrogens is 252 g/mol. The van der Waals surface area contributed by atoms with E-state index in [9.17, 15) is 4.79 Å². The van der Waals surface area contributed by atoms with Crippen LogP contribution in [0.5, 0.6) is 0 Å². The van der Waals surface area contributed by atoms with Gasteiger partial charge in [-0.3, -0.25) is 14.7 Å². The molecule has 0 amide bonds. The van der Waals surface area contributed by atoms with Crippen LogP contribution in [0, 0.1) is 0 Å². The first-order valence-electron chi connectivity index (χ1n) is 6.11. The smallest absolute Gasteiger partial charge is 0.319 e. The zero-order valence-electron chi connectivity index (χ0n) is 10.3. The summed E-state index contributed by atoms with van der Waals surface area (Å²) in [5.41, 5.74) is 1.32.